The lowest BCUT2D eigenvalue weighted by atomic mass is 10.1. The van der Waals surface area contributed by atoms with Crippen molar-refractivity contribution in [1.82, 2.24) is 10.2 Å². The van der Waals surface area contributed by atoms with Gasteiger partial charge in [0.2, 0.25) is 0 Å². The quantitative estimate of drug-likeness (QED) is 0.690. The lowest BCUT2D eigenvalue weighted by molar-refractivity contribution is 0.275. The lowest BCUT2D eigenvalue weighted by Crippen LogP contribution is -1.98. The van der Waals surface area contributed by atoms with E-state index in [1.54, 1.807) is 6.07 Å². The van der Waals surface area contributed by atoms with Crippen LogP contribution in [0.3, 0.4) is 0 Å². The highest BCUT2D eigenvalue weighted by Crippen LogP contribution is 2.09. The van der Waals surface area contributed by atoms with Crippen LogP contribution in [0.25, 0.3) is 0 Å². The van der Waals surface area contributed by atoms with Gasteiger partial charge in [-0.25, -0.2) is 0 Å². The minimum Gasteiger partial charge on any atom is -0.390 e. The number of hydrogen-bond donors (Lipinski definition) is 1. The molecule has 0 bridgehead atoms. The van der Waals surface area contributed by atoms with E-state index in [1.165, 1.54) is 0 Å². The van der Waals surface area contributed by atoms with Gasteiger partial charge in [0.25, 0.3) is 0 Å². The van der Waals surface area contributed by atoms with Gasteiger partial charge in [0.05, 0.1) is 18.0 Å². The Bertz CT molecular complexity index is 218. The van der Waals surface area contributed by atoms with Gasteiger partial charge in [0.1, 0.15) is 0 Å². The normalized spacial score (nSPS) is 10.5. The predicted molar refractivity (Wildman–Crippen MR) is 42.0 cm³/mol. The van der Waals surface area contributed by atoms with Gasteiger partial charge >= 0.3 is 0 Å². The number of hydrogen-bond acceptors (Lipinski definition) is 3. The van der Waals surface area contributed by atoms with Crippen LogP contribution < -0.4 is 0 Å². The fraction of sp³-hybridized carbons (Fsp3) is 0.500. The third kappa shape index (κ3) is 1.98. The molecule has 1 rings (SSSR count). The molecule has 0 aliphatic heterocycles. The van der Waals surface area contributed by atoms with Crippen molar-refractivity contribution in [3.8, 4) is 0 Å². The number of aliphatic hydroxyl groups excluding tert-OH is 1. The zero-order valence-electron chi connectivity index (χ0n) is 6.78. The molecule has 0 aliphatic rings. The molecule has 11 heavy (non-hydrogen) atoms. The first-order valence-electron chi connectivity index (χ1n) is 3.67. The van der Waals surface area contributed by atoms with Gasteiger partial charge in [-0.3, -0.25) is 0 Å². The molecular formula is C8H12N2O. The van der Waals surface area contributed by atoms with Gasteiger partial charge in [-0.15, -0.1) is 0 Å². The van der Waals surface area contributed by atoms with Gasteiger partial charge < -0.3 is 5.11 Å². The minimum absolute atomic E-state index is 0.0363. The topological polar surface area (TPSA) is 46.0 Å². The summed E-state index contributed by atoms with van der Waals surface area (Å²) in [5.74, 6) is 0.398. The van der Waals surface area contributed by atoms with Crippen molar-refractivity contribution < 1.29 is 5.11 Å². The second kappa shape index (κ2) is 3.44. The summed E-state index contributed by atoms with van der Waals surface area (Å²) < 4.78 is 0. The summed E-state index contributed by atoms with van der Waals surface area (Å²) in [6, 6.07) is 3.69. The molecule has 3 heteroatoms. The Labute approximate surface area is 66.1 Å². The van der Waals surface area contributed by atoms with Crippen molar-refractivity contribution in [3.63, 3.8) is 0 Å². The summed E-state index contributed by atoms with van der Waals surface area (Å²) >= 11 is 0. The van der Waals surface area contributed by atoms with E-state index in [0.29, 0.717) is 11.6 Å². The van der Waals surface area contributed by atoms with E-state index in [2.05, 4.69) is 24.0 Å². The highest BCUT2D eigenvalue weighted by atomic mass is 16.3. The van der Waals surface area contributed by atoms with Crippen LogP contribution in [0.15, 0.2) is 12.1 Å². The van der Waals surface area contributed by atoms with Crippen molar-refractivity contribution in [1.29, 1.82) is 0 Å². The molecule has 0 spiro atoms. The Morgan fingerprint density at radius 1 is 1.36 bits per heavy atom. The average molecular weight is 152 g/mol. The van der Waals surface area contributed by atoms with Gasteiger partial charge in [-0.05, 0) is 18.1 Å². The van der Waals surface area contributed by atoms with Gasteiger partial charge in [-0.2, -0.15) is 10.2 Å². The molecule has 0 atom stereocenters. The lowest BCUT2D eigenvalue weighted by Gasteiger charge is -2.01. The van der Waals surface area contributed by atoms with Crippen LogP contribution in [0.4, 0.5) is 0 Å². The van der Waals surface area contributed by atoms with Crippen molar-refractivity contribution >= 4 is 0 Å². The molecule has 1 heterocycles. The number of nitrogens with zero attached hydrogens (tertiary/aromatic N) is 2. The molecule has 0 aliphatic carbocycles. The van der Waals surface area contributed by atoms with Crippen molar-refractivity contribution in [2.24, 2.45) is 0 Å². The maximum atomic E-state index is 8.66. The molecular weight excluding hydrogens is 140 g/mol. The van der Waals surface area contributed by atoms with E-state index in [4.69, 9.17) is 5.11 Å². The van der Waals surface area contributed by atoms with E-state index < -0.39 is 0 Å². The van der Waals surface area contributed by atoms with E-state index in [1.807, 2.05) is 6.07 Å². The molecule has 60 valence electrons. The minimum atomic E-state index is -0.0363. The van der Waals surface area contributed by atoms with Crippen LogP contribution in [0.1, 0.15) is 31.2 Å². The first kappa shape index (κ1) is 8.14. The molecule has 1 aromatic rings. The molecule has 3 nitrogen and oxygen atoms in total. The zero-order chi connectivity index (χ0) is 8.27. The summed E-state index contributed by atoms with van der Waals surface area (Å²) in [4.78, 5) is 0. The average Bonchev–Trinajstić information content (AvgIpc) is 2.05. The van der Waals surface area contributed by atoms with Crippen LogP contribution >= 0.6 is 0 Å². The summed E-state index contributed by atoms with van der Waals surface area (Å²) in [7, 11) is 0. The highest BCUT2D eigenvalue weighted by molar-refractivity contribution is 5.08. The van der Waals surface area contributed by atoms with E-state index >= 15 is 0 Å². The predicted octanol–water partition coefficient (Wildman–Crippen LogP) is 1.09. The SMILES string of the molecule is CC(C)c1ccc(CO)nn1. The van der Waals surface area contributed by atoms with Crippen molar-refractivity contribution in [2.45, 2.75) is 26.4 Å². The molecule has 0 aromatic carbocycles. The van der Waals surface area contributed by atoms with Crippen molar-refractivity contribution in [2.75, 3.05) is 0 Å². The number of rotatable bonds is 2. The van der Waals surface area contributed by atoms with E-state index in [-0.39, 0.29) is 6.61 Å². The first-order valence-corrected chi connectivity index (χ1v) is 3.67. The first-order chi connectivity index (χ1) is 5.24. The largest absolute Gasteiger partial charge is 0.390 e. The standard InChI is InChI=1S/C8H12N2O/c1-6(2)8-4-3-7(5-11)9-10-8/h3-4,6,11H,5H2,1-2H3. The van der Waals surface area contributed by atoms with Crippen LogP contribution in [0.5, 0.6) is 0 Å². The van der Waals surface area contributed by atoms with Crippen LogP contribution in [0.2, 0.25) is 0 Å². The monoisotopic (exact) mass is 152 g/mol. The Balaban J connectivity index is 2.83. The molecule has 1 aromatic heterocycles. The summed E-state index contributed by atoms with van der Waals surface area (Å²) in [6.07, 6.45) is 0. The Kier molecular flexibility index (Phi) is 2.54. The molecule has 0 fully saturated rings. The van der Waals surface area contributed by atoms with Crippen LogP contribution in [0, 0.1) is 0 Å². The van der Waals surface area contributed by atoms with Gasteiger partial charge in [0, 0.05) is 0 Å². The van der Waals surface area contributed by atoms with Crippen molar-refractivity contribution in [3.05, 3.63) is 23.5 Å². The molecule has 1 N–H and O–H groups in total. The Morgan fingerprint density at radius 3 is 2.45 bits per heavy atom. The van der Waals surface area contributed by atoms with Crippen LogP contribution in [-0.2, 0) is 6.61 Å². The molecule has 0 unspecified atom stereocenters. The second-order valence-corrected chi connectivity index (χ2v) is 2.76. The molecule has 0 saturated carbocycles. The third-order valence-electron chi connectivity index (χ3n) is 1.49. The highest BCUT2D eigenvalue weighted by Gasteiger charge is 2.00. The maximum Gasteiger partial charge on any atom is 0.0885 e. The maximum absolute atomic E-state index is 8.66. The second-order valence-electron chi connectivity index (χ2n) is 2.76. The zero-order valence-corrected chi connectivity index (χ0v) is 6.78. The summed E-state index contributed by atoms with van der Waals surface area (Å²) in [6.45, 7) is 4.08. The van der Waals surface area contributed by atoms with Gasteiger partial charge in [-0.1, -0.05) is 13.8 Å². The third-order valence-corrected chi connectivity index (χ3v) is 1.49. The Hall–Kier alpha value is -0.960. The molecule has 0 amide bonds. The summed E-state index contributed by atoms with van der Waals surface area (Å²) in [5, 5.41) is 16.4. The Morgan fingerprint density at radius 2 is 2.09 bits per heavy atom. The smallest absolute Gasteiger partial charge is 0.0885 e. The van der Waals surface area contributed by atoms with Crippen LogP contribution in [-0.4, -0.2) is 15.3 Å². The van der Waals surface area contributed by atoms with E-state index in [9.17, 15) is 0 Å². The molecule has 0 saturated heterocycles. The fourth-order valence-corrected chi connectivity index (χ4v) is 0.762. The van der Waals surface area contributed by atoms with E-state index in [0.717, 1.165) is 5.69 Å². The fourth-order valence-electron chi connectivity index (χ4n) is 0.762. The molecule has 0 radical (unpaired) electrons. The number of aromatic nitrogens is 2. The van der Waals surface area contributed by atoms with Gasteiger partial charge in [0.15, 0.2) is 0 Å². The summed E-state index contributed by atoms with van der Waals surface area (Å²) in [5.41, 5.74) is 1.58. The number of aliphatic hydroxyl groups is 1.